The lowest BCUT2D eigenvalue weighted by Gasteiger charge is -2.13. The van der Waals surface area contributed by atoms with E-state index in [1.807, 2.05) is 32.0 Å². The molecule has 2 aromatic rings. The first-order chi connectivity index (χ1) is 14.3. The number of ether oxygens (including phenoxy) is 3. The zero-order chi connectivity index (χ0) is 22.3. The highest BCUT2D eigenvalue weighted by atomic mass is 79.9. The van der Waals surface area contributed by atoms with Crippen molar-refractivity contribution in [1.29, 1.82) is 5.26 Å². The van der Waals surface area contributed by atoms with Crippen molar-refractivity contribution in [1.82, 2.24) is 0 Å². The molecular formula is C22H21BrN2O5. The van der Waals surface area contributed by atoms with E-state index in [-0.39, 0.29) is 12.2 Å². The molecule has 1 N–H and O–H groups in total. The number of amides is 1. The number of nitrogens with one attached hydrogen (secondary N) is 1. The van der Waals surface area contributed by atoms with Gasteiger partial charge in [-0.1, -0.05) is 12.1 Å². The fraction of sp³-hybridized carbons (Fsp3) is 0.227. The normalized spacial score (nSPS) is 10.7. The number of rotatable bonds is 7. The number of nitriles is 1. The summed E-state index contributed by atoms with van der Waals surface area (Å²) in [7, 11) is 2.71. The number of esters is 1. The van der Waals surface area contributed by atoms with Crippen LogP contribution in [0.3, 0.4) is 0 Å². The fourth-order valence-corrected chi connectivity index (χ4v) is 3.12. The molecular weight excluding hydrogens is 452 g/mol. The predicted octanol–water partition coefficient (Wildman–Crippen LogP) is 4.17. The van der Waals surface area contributed by atoms with E-state index in [2.05, 4.69) is 26.0 Å². The fourth-order valence-electron chi connectivity index (χ4n) is 2.54. The van der Waals surface area contributed by atoms with Gasteiger partial charge in [-0.15, -0.1) is 0 Å². The molecule has 0 aliphatic rings. The number of hydrogen-bond donors (Lipinski definition) is 1. The smallest absolute Gasteiger partial charge is 0.343 e. The van der Waals surface area contributed by atoms with Gasteiger partial charge in [-0.05, 0) is 70.7 Å². The summed E-state index contributed by atoms with van der Waals surface area (Å²) in [5, 5.41) is 12.3. The molecule has 0 heterocycles. The number of nitrogens with zero attached hydrogens (tertiary/aromatic N) is 1. The van der Waals surface area contributed by atoms with Crippen molar-refractivity contribution in [3.05, 3.63) is 57.1 Å². The summed E-state index contributed by atoms with van der Waals surface area (Å²) >= 11 is 3.36. The summed E-state index contributed by atoms with van der Waals surface area (Å²) in [4.78, 5) is 23.9. The molecule has 0 bridgehead atoms. The van der Waals surface area contributed by atoms with E-state index in [4.69, 9.17) is 9.47 Å². The third-order valence-electron chi connectivity index (χ3n) is 4.34. The zero-order valence-corrected chi connectivity index (χ0v) is 18.6. The summed E-state index contributed by atoms with van der Waals surface area (Å²) < 4.78 is 15.8. The molecule has 2 aromatic carbocycles. The second-order valence-electron chi connectivity index (χ2n) is 6.27. The summed E-state index contributed by atoms with van der Waals surface area (Å²) in [6.07, 6.45) is 1.44. The first kappa shape index (κ1) is 23.0. The predicted molar refractivity (Wildman–Crippen MR) is 116 cm³/mol. The Morgan fingerprint density at radius 3 is 2.60 bits per heavy atom. The summed E-state index contributed by atoms with van der Waals surface area (Å²) in [6.45, 7) is 3.55. The van der Waals surface area contributed by atoms with E-state index < -0.39 is 11.9 Å². The summed E-state index contributed by atoms with van der Waals surface area (Å²) in [5.41, 5.74) is 3.07. The van der Waals surface area contributed by atoms with Crippen molar-refractivity contribution < 1.29 is 23.8 Å². The number of hydrogen-bond acceptors (Lipinski definition) is 6. The van der Waals surface area contributed by atoms with Crippen LogP contribution in [0.4, 0.5) is 5.69 Å². The van der Waals surface area contributed by atoms with E-state index in [0.29, 0.717) is 27.2 Å². The van der Waals surface area contributed by atoms with Gasteiger partial charge >= 0.3 is 5.97 Å². The highest BCUT2D eigenvalue weighted by Crippen LogP contribution is 2.37. The first-order valence-electron chi connectivity index (χ1n) is 8.87. The minimum Gasteiger partial charge on any atom is -0.493 e. The summed E-state index contributed by atoms with van der Waals surface area (Å²) in [5.74, 6) is -0.430. The first-order valence-corrected chi connectivity index (χ1v) is 9.66. The molecule has 8 heteroatoms. The van der Waals surface area contributed by atoms with Gasteiger partial charge in [0.1, 0.15) is 11.6 Å². The molecule has 0 aromatic heterocycles. The third kappa shape index (κ3) is 5.61. The van der Waals surface area contributed by atoms with Gasteiger partial charge in [-0.25, -0.2) is 4.79 Å². The van der Waals surface area contributed by atoms with Gasteiger partial charge in [0.2, 0.25) is 0 Å². The van der Waals surface area contributed by atoms with Crippen LogP contribution >= 0.6 is 15.9 Å². The van der Waals surface area contributed by atoms with Crippen LogP contribution in [0.1, 0.15) is 16.7 Å². The standard InChI is InChI=1S/C22H21BrN2O5/c1-13-6-5-7-18(14(13)2)25-22(27)16(11-24)8-15-9-17(23)21(19(10-15)28-3)30-12-20(26)29-4/h5-10H,12H2,1-4H3,(H,25,27)/b16-8+. The Morgan fingerprint density at radius 2 is 1.97 bits per heavy atom. The number of benzene rings is 2. The van der Waals surface area contributed by atoms with Crippen LogP contribution < -0.4 is 14.8 Å². The van der Waals surface area contributed by atoms with E-state index in [1.54, 1.807) is 18.2 Å². The maximum absolute atomic E-state index is 12.6. The molecule has 0 saturated heterocycles. The van der Waals surface area contributed by atoms with Crippen molar-refractivity contribution >= 4 is 39.6 Å². The van der Waals surface area contributed by atoms with Crippen molar-refractivity contribution in [3.63, 3.8) is 0 Å². The maximum atomic E-state index is 12.6. The molecule has 0 unspecified atom stereocenters. The molecule has 1 amide bonds. The van der Waals surface area contributed by atoms with Crippen LogP contribution in [0.25, 0.3) is 6.08 Å². The average Bonchev–Trinajstić information content (AvgIpc) is 2.73. The van der Waals surface area contributed by atoms with Crippen LogP contribution in [0.2, 0.25) is 0 Å². The van der Waals surface area contributed by atoms with E-state index in [0.717, 1.165) is 11.1 Å². The van der Waals surface area contributed by atoms with E-state index in [9.17, 15) is 14.9 Å². The van der Waals surface area contributed by atoms with Crippen LogP contribution in [0, 0.1) is 25.2 Å². The topological polar surface area (TPSA) is 97.7 Å². The second-order valence-corrected chi connectivity index (χ2v) is 7.12. The summed E-state index contributed by atoms with van der Waals surface area (Å²) in [6, 6.07) is 10.7. The van der Waals surface area contributed by atoms with Crippen molar-refractivity contribution in [2.75, 3.05) is 26.1 Å². The van der Waals surface area contributed by atoms with Crippen LogP contribution in [0.5, 0.6) is 11.5 Å². The molecule has 30 heavy (non-hydrogen) atoms. The van der Waals surface area contributed by atoms with Gasteiger partial charge in [0.25, 0.3) is 5.91 Å². The minimum absolute atomic E-state index is 0.0758. The number of halogens is 1. The average molecular weight is 473 g/mol. The Labute approximate surface area is 183 Å². The second kappa shape index (κ2) is 10.5. The van der Waals surface area contributed by atoms with Crippen LogP contribution in [-0.2, 0) is 14.3 Å². The number of aryl methyl sites for hydroxylation is 1. The quantitative estimate of drug-likeness (QED) is 0.368. The SMILES string of the molecule is COC(=O)COc1c(Br)cc(/C=C(\C#N)C(=O)Nc2cccc(C)c2C)cc1OC. The Balaban J connectivity index is 2.31. The lowest BCUT2D eigenvalue weighted by molar-refractivity contribution is -0.142. The Hall–Kier alpha value is -3.31. The van der Waals surface area contributed by atoms with E-state index in [1.165, 1.54) is 20.3 Å². The lowest BCUT2D eigenvalue weighted by atomic mass is 10.1. The Morgan fingerprint density at radius 1 is 1.23 bits per heavy atom. The van der Waals surface area contributed by atoms with Gasteiger partial charge in [0, 0.05) is 5.69 Å². The number of methoxy groups -OCH3 is 2. The molecule has 0 saturated carbocycles. The molecule has 156 valence electrons. The van der Waals surface area contributed by atoms with Gasteiger partial charge in [-0.3, -0.25) is 4.79 Å². The number of carbonyl (C=O) groups is 2. The molecule has 7 nitrogen and oxygen atoms in total. The van der Waals surface area contributed by atoms with Gasteiger partial charge in [-0.2, -0.15) is 5.26 Å². The number of carbonyl (C=O) groups excluding carboxylic acids is 2. The maximum Gasteiger partial charge on any atom is 0.343 e. The minimum atomic E-state index is -0.539. The largest absolute Gasteiger partial charge is 0.493 e. The lowest BCUT2D eigenvalue weighted by Crippen LogP contribution is -2.14. The van der Waals surface area contributed by atoms with Crippen LogP contribution in [-0.4, -0.2) is 32.7 Å². The highest BCUT2D eigenvalue weighted by molar-refractivity contribution is 9.10. The molecule has 0 aliphatic carbocycles. The monoisotopic (exact) mass is 472 g/mol. The third-order valence-corrected chi connectivity index (χ3v) is 4.93. The molecule has 0 radical (unpaired) electrons. The van der Waals surface area contributed by atoms with Crippen molar-refractivity contribution in [2.24, 2.45) is 0 Å². The molecule has 0 aliphatic heterocycles. The van der Waals surface area contributed by atoms with Crippen molar-refractivity contribution in [3.8, 4) is 17.6 Å². The van der Waals surface area contributed by atoms with Gasteiger partial charge in [0.05, 0.1) is 18.7 Å². The highest BCUT2D eigenvalue weighted by Gasteiger charge is 2.16. The molecule has 0 fully saturated rings. The zero-order valence-electron chi connectivity index (χ0n) is 17.0. The van der Waals surface area contributed by atoms with Crippen LogP contribution in [0.15, 0.2) is 40.4 Å². The van der Waals surface area contributed by atoms with Crippen molar-refractivity contribution in [2.45, 2.75) is 13.8 Å². The number of anilines is 1. The molecule has 0 spiro atoms. The Bertz CT molecular complexity index is 1040. The molecule has 0 atom stereocenters. The van der Waals surface area contributed by atoms with Gasteiger partial charge in [0.15, 0.2) is 18.1 Å². The Kier molecular flexibility index (Phi) is 8.01. The molecule has 2 rings (SSSR count). The van der Waals surface area contributed by atoms with E-state index >= 15 is 0 Å². The van der Waals surface area contributed by atoms with Gasteiger partial charge < -0.3 is 19.5 Å².